The van der Waals surface area contributed by atoms with Crippen molar-refractivity contribution < 1.29 is 9.63 Å². The Balaban J connectivity index is 1.76. The lowest BCUT2D eigenvalue weighted by molar-refractivity contribution is -0.143. The van der Waals surface area contributed by atoms with Gasteiger partial charge in [0.15, 0.2) is 0 Å². The number of nitrogens with zero attached hydrogens (tertiary/aromatic N) is 1. The predicted molar refractivity (Wildman–Crippen MR) is 79.9 cm³/mol. The third-order valence-electron chi connectivity index (χ3n) is 2.69. The van der Waals surface area contributed by atoms with Gasteiger partial charge in [0.25, 0.3) is 0 Å². The molecule has 0 bridgehead atoms. The van der Waals surface area contributed by atoms with Gasteiger partial charge >= 0.3 is 5.97 Å². The topological polar surface area (TPSA) is 38.7 Å². The lowest BCUT2D eigenvalue weighted by Gasteiger charge is -1.99. The molecular formula is C16H14ClNO2. The van der Waals surface area contributed by atoms with E-state index in [1.807, 2.05) is 30.3 Å². The van der Waals surface area contributed by atoms with Crippen molar-refractivity contribution in [1.82, 2.24) is 0 Å². The smallest absolute Gasteiger partial charge is 0.318 e. The highest BCUT2D eigenvalue weighted by Gasteiger charge is 2.02. The van der Waals surface area contributed by atoms with E-state index in [1.54, 1.807) is 24.3 Å². The Morgan fingerprint density at radius 2 is 1.80 bits per heavy atom. The first-order valence-corrected chi connectivity index (χ1v) is 6.64. The highest BCUT2D eigenvalue weighted by atomic mass is 35.5. The van der Waals surface area contributed by atoms with Gasteiger partial charge in [-0.15, -0.1) is 0 Å². The maximum absolute atomic E-state index is 11.5. The van der Waals surface area contributed by atoms with Gasteiger partial charge < -0.3 is 4.84 Å². The maximum Gasteiger partial charge on any atom is 0.335 e. The summed E-state index contributed by atoms with van der Waals surface area (Å²) in [6.07, 6.45) is 2.44. The average molecular weight is 288 g/mol. The SMILES string of the molecule is O=C(CCc1ccccc1)ON=Cc1ccc(Cl)cc1. The van der Waals surface area contributed by atoms with Gasteiger partial charge in [-0.2, -0.15) is 0 Å². The van der Waals surface area contributed by atoms with E-state index in [2.05, 4.69) is 5.16 Å². The molecule has 3 nitrogen and oxygen atoms in total. The number of oxime groups is 1. The van der Waals surface area contributed by atoms with Crippen LogP contribution >= 0.6 is 11.6 Å². The van der Waals surface area contributed by atoms with Gasteiger partial charge in [-0.25, -0.2) is 4.79 Å². The van der Waals surface area contributed by atoms with E-state index in [0.717, 1.165) is 11.1 Å². The summed E-state index contributed by atoms with van der Waals surface area (Å²) in [4.78, 5) is 16.3. The summed E-state index contributed by atoms with van der Waals surface area (Å²) in [5.41, 5.74) is 1.93. The lowest BCUT2D eigenvalue weighted by Crippen LogP contribution is -2.02. The Hall–Kier alpha value is -2.13. The van der Waals surface area contributed by atoms with Gasteiger partial charge in [-0.05, 0) is 29.7 Å². The fourth-order valence-electron chi connectivity index (χ4n) is 1.63. The Bertz CT molecular complexity index is 579. The zero-order valence-electron chi connectivity index (χ0n) is 10.8. The van der Waals surface area contributed by atoms with Crippen molar-refractivity contribution in [1.29, 1.82) is 0 Å². The molecule has 0 aliphatic rings. The van der Waals surface area contributed by atoms with Crippen molar-refractivity contribution >= 4 is 23.8 Å². The van der Waals surface area contributed by atoms with Crippen LogP contribution in [-0.4, -0.2) is 12.2 Å². The van der Waals surface area contributed by atoms with Gasteiger partial charge in [-0.1, -0.05) is 59.2 Å². The summed E-state index contributed by atoms with van der Waals surface area (Å²) in [5.74, 6) is -0.348. The van der Waals surface area contributed by atoms with Crippen LogP contribution in [0, 0.1) is 0 Å². The minimum absolute atomic E-state index is 0.308. The highest BCUT2D eigenvalue weighted by molar-refractivity contribution is 6.30. The molecule has 2 aromatic carbocycles. The van der Waals surface area contributed by atoms with Gasteiger partial charge in [0.1, 0.15) is 0 Å². The van der Waals surface area contributed by atoms with Crippen molar-refractivity contribution in [3.05, 3.63) is 70.7 Å². The van der Waals surface area contributed by atoms with Crippen LogP contribution < -0.4 is 0 Å². The summed E-state index contributed by atoms with van der Waals surface area (Å²) in [5, 5.41) is 4.32. The molecule has 0 heterocycles. The molecule has 0 aliphatic heterocycles. The second-order valence-corrected chi connectivity index (χ2v) is 4.67. The van der Waals surface area contributed by atoms with Crippen LogP contribution in [0.3, 0.4) is 0 Å². The minimum Gasteiger partial charge on any atom is -0.318 e. The summed E-state index contributed by atoms with van der Waals surface area (Å²) < 4.78 is 0. The fourth-order valence-corrected chi connectivity index (χ4v) is 1.76. The van der Waals surface area contributed by atoms with E-state index in [1.165, 1.54) is 6.21 Å². The molecule has 0 aliphatic carbocycles. The van der Waals surface area contributed by atoms with E-state index in [-0.39, 0.29) is 5.97 Å². The molecule has 102 valence electrons. The first kappa shape index (κ1) is 14.3. The van der Waals surface area contributed by atoms with Crippen molar-refractivity contribution in [2.75, 3.05) is 0 Å². The van der Waals surface area contributed by atoms with Crippen LogP contribution in [0.25, 0.3) is 0 Å². The van der Waals surface area contributed by atoms with Crippen LogP contribution in [0.1, 0.15) is 17.5 Å². The number of rotatable bonds is 5. The molecule has 0 fully saturated rings. The van der Waals surface area contributed by atoms with Gasteiger partial charge in [-0.3, -0.25) is 0 Å². The minimum atomic E-state index is -0.348. The number of carbonyl (C=O) groups is 1. The van der Waals surface area contributed by atoms with Crippen LogP contribution in [-0.2, 0) is 16.1 Å². The van der Waals surface area contributed by atoms with Gasteiger partial charge in [0.2, 0.25) is 0 Å². The van der Waals surface area contributed by atoms with Crippen LogP contribution in [0.4, 0.5) is 0 Å². The quantitative estimate of drug-likeness (QED) is 0.476. The van der Waals surface area contributed by atoms with Crippen molar-refractivity contribution in [3.8, 4) is 0 Å². The lowest BCUT2D eigenvalue weighted by atomic mass is 10.1. The van der Waals surface area contributed by atoms with Crippen molar-refractivity contribution in [3.63, 3.8) is 0 Å². The summed E-state index contributed by atoms with van der Waals surface area (Å²) in [6, 6.07) is 16.9. The molecule has 0 atom stereocenters. The molecule has 2 rings (SSSR count). The Morgan fingerprint density at radius 1 is 1.10 bits per heavy atom. The third-order valence-corrected chi connectivity index (χ3v) is 2.94. The summed E-state index contributed by atoms with van der Waals surface area (Å²) in [6.45, 7) is 0. The molecule has 0 saturated heterocycles. The molecule has 4 heteroatoms. The largest absolute Gasteiger partial charge is 0.335 e. The van der Waals surface area contributed by atoms with Crippen molar-refractivity contribution in [2.24, 2.45) is 5.16 Å². The number of halogens is 1. The Kier molecular flexibility index (Phi) is 5.33. The van der Waals surface area contributed by atoms with E-state index < -0.39 is 0 Å². The molecule has 0 radical (unpaired) electrons. The second kappa shape index (κ2) is 7.46. The van der Waals surface area contributed by atoms with E-state index in [4.69, 9.17) is 16.4 Å². The highest BCUT2D eigenvalue weighted by Crippen LogP contribution is 2.08. The Morgan fingerprint density at radius 3 is 2.50 bits per heavy atom. The molecular weight excluding hydrogens is 274 g/mol. The Labute approximate surface area is 122 Å². The van der Waals surface area contributed by atoms with Crippen molar-refractivity contribution in [2.45, 2.75) is 12.8 Å². The summed E-state index contributed by atoms with van der Waals surface area (Å²) >= 11 is 5.77. The molecule has 0 unspecified atom stereocenters. The first-order valence-electron chi connectivity index (χ1n) is 6.27. The monoisotopic (exact) mass is 287 g/mol. The molecule has 0 saturated carbocycles. The third kappa shape index (κ3) is 4.86. The fraction of sp³-hybridized carbons (Fsp3) is 0.125. The predicted octanol–water partition coefficient (Wildman–Crippen LogP) is 3.85. The molecule has 0 spiro atoms. The normalized spacial score (nSPS) is 10.7. The number of carbonyl (C=O) groups excluding carboxylic acids is 1. The second-order valence-electron chi connectivity index (χ2n) is 4.23. The van der Waals surface area contributed by atoms with E-state index in [9.17, 15) is 4.79 Å². The van der Waals surface area contributed by atoms with Crippen LogP contribution in [0.2, 0.25) is 5.02 Å². The molecule has 0 aromatic heterocycles. The zero-order chi connectivity index (χ0) is 14.2. The number of benzene rings is 2. The summed E-state index contributed by atoms with van der Waals surface area (Å²) in [7, 11) is 0. The average Bonchev–Trinajstić information content (AvgIpc) is 2.48. The van der Waals surface area contributed by atoms with E-state index in [0.29, 0.717) is 17.9 Å². The van der Waals surface area contributed by atoms with Crippen LogP contribution in [0.5, 0.6) is 0 Å². The number of hydrogen-bond acceptors (Lipinski definition) is 3. The number of hydrogen-bond donors (Lipinski definition) is 0. The first-order chi connectivity index (χ1) is 9.74. The van der Waals surface area contributed by atoms with E-state index >= 15 is 0 Å². The molecule has 20 heavy (non-hydrogen) atoms. The number of aryl methyl sites for hydroxylation is 1. The zero-order valence-corrected chi connectivity index (χ0v) is 11.6. The standard InChI is InChI=1S/C16H14ClNO2/c17-15-9-6-14(7-10-15)12-18-20-16(19)11-8-13-4-2-1-3-5-13/h1-7,9-10,12H,8,11H2. The molecule has 2 aromatic rings. The maximum atomic E-state index is 11.5. The van der Waals surface area contributed by atoms with Gasteiger partial charge in [0.05, 0.1) is 12.6 Å². The van der Waals surface area contributed by atoms with Gasteiger partial charge in [0, 0.05) is 5.02 Å². The van der Waals surface area contributed by atoms with Crippen LogP contribution in [0.15, 0.2) is 59.8 Å². The molecule has 0 amide bonds. The molecule has 0 N–H and O–H groups in total.